The van der Waals surface area contributed by atoms with Crippen LogP contribution < -0.4 is 5.32 Å². The van der Waals surface area contributed by atoms with E-state index >= 15 is 0 Å². The Morgan fingerprint density at radius 3 is 2.68 bits per heavy atom. The van der Waals surface area contributed by atoms with Crippen LogP contribution in [0.25, 0.3) is 0 Å². The quantitative estimate of drug-likeness (QED) is 0.825. The number of amides is 2. The average Bonchev–Trinajstić information content (AvgIpc) is 2.69. The summed E-state index contributed by atoms with van der Waals surface area (Å²) in [4.78, 5) is 15.7. The van der Waals surface area contributed by atoms with E-state index in [2.05, 4.69) is 5.32 Å². The molecule has 0 spiro atoms. The van der Waals surface area contributed by atoms with Gasteiger partial charge in [-0.15, -0.1) is 0 Å². The van der Waals surface area contributed by atoms with Gasteiger partial charge in [-0.2, -0.15) is 0 Å². The van der Waals surface area contributed by atoms with Crippen molar-refractivity contribution in [1.82, 2.24) is 15.1 Å². The highest BCUT2D eigenvalue weighted by Crippen LogP contribution is 2.28. The Labute approximate surface area is 113 Å². The van der Waals surface area contributed by atoms with E-state index in [-0.39, 0.29) is 17.9 Å². The molecular formula is C14H20FN3O. The molecular weight excluding hydrogens is 245 g/mol. The molecule has 1 aromatic rings. The van der Waals surface area contributed by atoms with Gasteiger partial charge in [0.15, 0.2) is 0 Å². The van der Waals surface area contributed by atoms with Crippen LogP contribution in [0.15, 0.2) is 24.3 Å². The molecule has 1 aliphatic heterocycles. The predicted octanol–water partition coefficient (Wildman–Crippen LogP) is 1.84. The third-order valence-electron chi connectivity index (χ3n) is 3.54. The molecule has 0 aliphatic carbocycles. The second kappa shape index (κ2) is 6.02. The van der Waals surface area contributed by atoms with Crippen molar-refractivity contribution in [2.75, 3.05) is 33.7 Å². The lowest BCUT2D eigenvalue weighted by Crippen LogP contribution is -2.31. The first-order valence-electron chi connectivity index (χ1n) is 6.55. The lowest BCUT2D eigenvalue weighted by atomic mass is 10.1. The third kappa shape index (κ3) is 3.04. The van der Waals surface area contributed by atoms with Gasteiger partial charge in [-0.3, -0.25) is 0 Å². The van der Waals surface area contributed by atoms with E-state index in [0.717, 1.165) is 25.1 Å². The van der Waals surface area contributed by atoms with Crippen molar-refractivity contribution in [1.29, 1.82) is 0 Å². The summed E-state index contributed by atoms with van der Waals surface area (Å²) in [6.07, 6.45) is 0.937. The normalized spacial score (nSPS) is 19.3. The van der Waals surface area contributed by atoms with Gasteiger partial charge in [-0.05, 0) is 37.7 Å². The van der Waals surface area contributed by atoms with Gasteiger partial charge in [-0.1, -0.05) is 12.1 Å². The van der Waals surface area contributed by atoms with Crippen LogP contribution in [0.3, 0.4) is 0 Å². The number of hydrogen-bond acceptors (Lipinski definition) is 2. The summed E-state index contributed by atoms with van der Waals surface area (Å²) in [5.74, 6) is -0.249. The number of carbonyl (C=O) groups excluding carboxylic acids is 1. The molecule has 2 rings (SSSR count). The van der Waals surface area contributed by atoms with Crippen LogP contribution in [0, 0.1) is 5.82 Å². The minimum Gasteiger partial charge on any atom is -0.322 e. The summed E-state index contributed by atoms with van der Waals surface area (Å²) in [5.41, 5.74) is 0.980. The summed E-state index contributed by atoms with van der Waals surface area (Å²) in [5, 5.41) is 3.07. The zero-order valence-corrected chi connectivity index (χ0v) is 11.4. The summed E-state index contributed by atoms with van der Waals surface area (Å²) in [7, 11) is 3.70. The molecule has 0 aromatic heterocycles. The fraction of sp³-hybridized carbons (Fsp3) is 0.500. The average molecular weight is 265 g/mol. The van der Waals surface area contributed by atoms with Crippen LogP contribution >= 0.6 is 0 Å². The molecule has 0 bridgehead atoms. The molecule has 19 heavy (non-hydrogen) atoms. The minimum absolute atomic E-state index is 0.0164. The van der Waals surface area contributed by atoms with Crippen LogP contribution in [0.4, 0.5) is 9.18 Å². The number of rotatable bonds is 5. The Kier molecular flexibility index (Phi) is 4.37. The monoisotopic (exact) mass is 265 g/mol. The molecule has 1 heterocycles. The molecule has 1 saturated heterocycles. The maximum absolute atomic E-state index is 12.9. The van der Waals surface area contributed by atoms with E-state index in [1.165, 1.54) is 12.1 Å². The molecule has 1 aliphatic rings. The SMILES string of the molecule is CNCCCN1CC(c2ccc(F)cc2)N(C)C1=O. The van der Waals surface area contributed by atoms with Crippen molar-refractivity contribution in [2.45, 2.75) is 12.5 Å². The highest BCUT2D eigenvalue weighted by Gasteiger charge is 2.34. The molecule has 4 nitrogen and oxygen atoms in total. The maximum atomic E-state index is 12.9. The number of halogens is 1. The van der Waals surface area contributed by atoms with Gasteiger partial charge in [0.2, 0.25) is 0 Å². The van der Waals surface area contributed by atoms with Crippen molar-refractivity contribution < 1.29 is 9.18 Å². The highest BCUT2D eigenvalue weighted by atomic mass is 19.1. The van der Waals surface area contributed by atoms with Gasteiger partial charge in [0.1, 0.15) is 5.82 Å². The summed E-state index contributed by atoms with van der Waals surface area (Å²) in [6.45, 7) is 2.32. The van der Waals surface area contributed by atoms with Crippen LogP contribution in [-0.4, -0.2) is 49.6 Å². The zero-order valence-electron chi connectivity index (χ0n) is 11.4. The van der Waals surface area contributed by atoms with Crippen LogP contribution in [0.2, 0.25) is 0 Å². The highest BCUT2D eigenvalue weighted by molar-refractivity contribution is 5.77. The van der Waals surface area contributed by atoms with Crippen LogP contribution in [-0.2, 0) is 0 Å². The van der Waals surface area contributed by atoms with Gasteiger partial charge in [-0.25, -0.2) is 9.18 Å². The van der Waals surface area contributed by atoms with Crippen molar-refractivity contribution in [2.24, 2.45) is 0 Å². The van der Waals surface area contributed by atoms with E-state index < -0.39 is 0 Å². The fourth-order valence-corrected chi connectivity index (χ4v) is 2.41. The van der Waals surface area contributed by atoms with Crippen LogP contribution in [0.1, 0.15) is 18.0 Å². The van der Waals surface area contributed by atoms with Crippen molar-refractivity contribution in [3.05, 3.63) is 35.6 Å². The Balaban J connectivity index is 2.03. The molecule has 0 radical (unpaired) electrons. The molecule has 104 valence electrons. The second-order valence-corrected chi connectivity index (χ2v) is 4.86. The first kappa shape index (κ1) is 13.8. The van der Waals surface area contributed by atoms with Gasteiger partial charge in [0.05, 0.1) is 6.04 Å². The van der Waals surface area contributed by atoms with E-state index in [1.54, 1.807) is 24.1 Å². The maximum Gasteiger partial charge on any atom is 0.320 e. The Bertz CT molecular complexity index is 435. The summed E-state index contributed by atoms with van der Waals surface area (Å²) >= 11 is 0. The first-order valence-corrected chi connectivity index (χ1v) is 6.55. The van der Waals surface area contributed by atoms with E-state index in [9.17, 15) is 9.18 Å². The third-order valence-corrected chi connectivity index (χ3v) is 3.54. The number of urea groups is 1. The number of nitrogens with zero attached hydrogens (tertiary/aromatic N) is 2. The summed E-state index contributed by atoms with van der Waals surface area (Å²) < 4.78 is 12.9. The molecule has 1 unspecified atom stereocenters. The molecule has 1 fully saturated rings. The van der Waals surface area contributed by atoms with Crippen molar-refractivity contribution >= 4 is 6.03 Å². The lowest BCUT2D eigenvalue weighted by Gasteiger charge is -2.17. The predicted molar refractivity (Wildman–Crippen MR) is 72.4 cm³/mol. The molecule has 1 atom stereocenters. The topological polar surface area (TPSA) is 35.6 Å². The Hall–Kier alpha value is -1.62. The lowest BCUT2D eigenvalue weighted by molar-refractivity contribution is 0.195. The Morgan fingerprint density at radius 1 is 1.37 bits per heavy atom. The molecule has 1 aromatic carbocycles. The van der Waals surface area contributed by atoms with Crippen LogP contribution in [0.5, 0.6) is 0 Å². The zero-order chi connectivity index (χ0) is 13.8. The first-order chi connectivity index (χ1) is 9.13. The van der Waals surface area contributed by atoms with Gasteiger partial charge >= 0.3 is 6.03 Å². The standard InChI is InChI=1S/C14H20FN3O/c1-16-8-3-9-18-10-13(17(2)14(18)19)11-4-6-12(15)7-5-11/h4-7,13,16H,3,8-10H2,1-2H3. The van der Waals surface area contributed by atoms with Gasteiger partial charge < -0.3 is 15.1 Å². The minimum atomic E-state index is -0.249. The van der Waals surface area contributed by atoms with E-state index in [4.69, 9.17) is 0 Å². The molecule has 5 heteroatoms. The molecule has 1 N–H and O–H groups in total. The number of likely N-dealkylation sites (N-methyl/N-ethyl adjacent to an activating group) is 1. The number of carbonyl (C=O) groups is 1. The summed E-state index contributed by atoms with van der Waals surface area (Å²) in [6, 6.07) is 6.45. The number of nitrogens with one attached hydrogen (secondary N) is 1. The van der Waals surface area contributed by atoms with Gasteiger partial charge in [0.25, 0.3) is 0 Å². The number of benzene rings is 1. The smallest absolute Gasteiger partial charge is 0.320 e. The molecule has 2 amide bonds. The second-order valence-electron chi connectivity index (χ2n) is 4.86. The van der Waals surface area contributed by atoms with E-state index in [0.29, 0.717) is 6.54 Å². The van der Waals surface area contributed by atoms with Crippen molar-refractivity contribution in [3.63, 3.8) is 0 Å². The van der Waals surface area contributed by atoms with Crippen molar-refractivity contribution in [3.8, 4) is 0 Å². The molecule has 0 saturated carbocycles. The number of hydrogen-bond donors (Lipinski definition) is 1. The van der Waals surface area contributed by atoms with E-state index in [1.807, 2.05) is 11.9 Å². The van der Waals surface area contributed by atoms with Gasteiger partial charge in [0, 0.05) is 20.1 Å². The fourth-order valence-electron chi connectivity index (χ4n) is 2.41. The Morgan fingerprint density at radius 2 is 2.05 bits per heavy atom. The largest absolute Gasteiger partial charge is 0.322 e.